The molecule has 2 atom stereocenters. The van der Waals surface area contributed by atoms with Gasteiger partial charge in [0, 0.05) is 13.1 Å². The fraction of sp³-hybridized carbons (Fsp3) is 0.577. The monoisotopic (exact) mass is 536 g/mol. The molecule has 2 unspecified atom stereocenters. The molecule has 5 N–H and O–H groups in total. The number of carbonyl (C=O) groups excluding carboxylic acids is 5. The van der Waals surface area contributed by atoms with E-state index in [2.05, 4.69) is 10.6 Å². The molecule has 38 heavy (non-hydrogen) atoms. The van der Waals surface area contributed by atoms with Gasteiger partial charge in [-0.3, -0.25) is 19.2 Å². The predicted molar refractivity (Wildman–Crippen MR) is 139 cm³/mol. The third-order valence-electron chi connectivity index (χ3n) is 5.13. The summed E-state index contributed by atoms with van der Waals surface area (Å²) in [6.07, 6.45) is -0.335. The summed E-state index contributed by atoms with van der Waals surface area (Å²) in [6, 6.07) is 3.12. The van der Waals surface area contributed by atoms with E-state index in [1.165, 1.54) is 29.2 Å². The van der Waals surface area contributed by atoms with E-state index in [1.807, 2.05) is 6.92 Å². The van der Waals surface area contributed by atoms with Crippen LogP contribution in [0.25, 0.3) is 0 Å². The van der Waals surface area contributed by atoms with Gasteiger partial charge >= 0.3 is 12.1 Å². The molecule has 4 amide bonds. The lowest BCUT2D eigenvalue weighted by atomic mass is 10.0. The summed E-state index contributed by atoms with van der Waals surface area (Å²) in [5, 5.41) is 14.8. The number of benzene rings is 1. The number of phenols is 1. The highest BCUT2D eigenvalue weighted by atomic mass is 16.6. The van der Waals surface area contributed by atoms with Crippen molar-refractivity contribution < 1.29 is 38.6 Å². The van der Waals surface area contributed by atoms with E-state index in [0.717, 1.165) is 0 Å². The molecule has 0 aromatic heterocycles. The maximum atomic E-state index is 13.8. The molecule has 0 fully saturated rings. The Balaban J connectivity index is 3.38. The van der Waals surface area contributed by atoms with Crippen LogP contribution in [0.3, 0.4) is 0 Å². The maximum absolute atomic E-state index is 13.8. The lowest BCUT2D eigenvalue weighted by Crippen LogP contribution is -2.54. The summed E-state index contributed by atoms with van der Waals surface area (Å²) in [7, 11) is 0. The summed E-state index contributed by atoms with van der Waals surface area (Å²) in [5.41, 5.74) is 4.87. The van der Waals surface area contributed by atoms with Gasteiger partial charge in [-0.25, -0.2) is 4.79 Å². The Bertz CT molecular complexity index is 959. The van der Waals surface area contributed by atoms with Crippen LogP contribution in [0.5, 0.6) is 5.75 Å². The van der Waals surface area contributed by atoms with Crippen LogP contribution in [0, 0.1) is 0 Å². The van der Waals surface area contributed by atoms with E-state index in [1.54, 1.807) is 27.7 Å². The predicted octanol–water partition coefficient (Wildman–Crippen LogP) is 1.90. The summed E-state index contributed by atoms with van der Waals surface area (Å²) < 4.78 is 10.1. The van der Waals surface area contributed by atoms with Gasteiger partial charge in [-0.05, 0) is 51.8 Å². The topological polar surface area (TPSA) is 177 Å². The first kappa shape index (κ1) is 32.2. The van der Waals surface area contributed by atoms with Crippen molar-refractivity contribution >= 4 is 29.8 Å². The molecule has 0 bridgehead atoms. The SMILES string of the molecule is CCCCN(C(=O)C(CC(N)=O)NC(=O)OC(C)(C)C)C(C(=O)NCCC(=O)OCC)c1ccc(O)cc1. The van der Waals surface area contributed by atoms with Gasteiger partial charge in [0.05, 0.1) is 19.4 Å². The maximum Gasteiger partial charge on any atom is 0.408 e. The first-order chi connectivity index (χ1) is 17.8. The first-order valence-corrected chi connectivity index (χ1v) is 12.6. The third kappa shape index (κ3) is 11.5. The molecule has 0 aliphatic carbocycles. The van der Waals surface area contributed by atoms with Gasteiger partial charge in [0.1, 0.15) is 23.4 Å². The molecule has 0 saturated heterocycles. The van der Waals surface area contributed by atoms with Gasteiger partial charge < -0.3 is 35.8 Å². The Kier molecular flexibility index (Phi) is 13.1. The van der Waals surface area contributed by atoms with E-state index in [4.69, 9.17) is 15.2 Å². The molecule has 0 heterocycles. The number of nitrogens with zero attached hydrogens (tertiary/aromatic N) is 1. The number of carbonyl (C=O) groups is 5. The van der Waals surface area contributed by atoms with Crippen LogP contribution in [0.4, 0.5) is 4.79 Å². The molecule has 0 spiro atoms. The van der Waals surface area contributed by atoms with Crippen molar-refractivity contribution in [2.24, 2.45) is 5.73 Å². The van der Waals surface area contributed by atoms with Crippen LogP contribution in [0.2, 0.25) is 0 Å². The fourth-order valence-electron chi connectivity index (χ4n) is 3.49. The highest BCUT2D eigenvalue weighted by Crippen LogP contribution is 2.25. The molecule has 12 heteroatoms. The van der Waals surface area contributed by atoms with Crippen molar-refractivity contribution in [3.8, 4) is 5.75 Å². The number of rotatable bonds is 14. The normalized spacial score (nSPS) is 12.6. The number of nitrogens with two attached hydrogens (primary N) is 1. The second-order valence-electron chi connectivity index (χ2n) is 9.59. The van der Waals surface area contributed by atoms with Crippen LogP contribution < -0.4 is 16.4 Å². The van der Waals surface area contributed by atoms with Gasteiger partial charge in [0.15, 0.2) is 0 Å². The van der Waals surface area contributed by atoms with Crippen LogP contribution in [-0.2, 0) is 28.7 Å². The molecule has 0 aliphatic rings. The van der Waals surface area contributed by atoms with Gasteiger partial charge in [-0.1, -0.05) is 25.5 Å². The lowest BCUT2D eigenvalue weighted by Gasteiger charge is -2.34. The van der Waals surface area contributed by atoms with Gasteiger partial charge in [-0.15, -0.1) is 0 Å². The largest absolute Gasteiger partial charge is 0.508 e. The van der Waals surface area contributed by atoms with Crippen molar-refractivity contribution in [3.63, 3.8) is 0 Å². The van der Waals surface area contributed by atoms with Crippen molar-refractivity contribution in [1.82, 2.24) is 15.5 Å². The number of amides is 4. The van der Waals surface area contributed by atoms with Gasteiger partial charge in [0.25, 0.3) is 0 Å². The smallest absolute Gasteiger partial charge is 0.408 e. The van der Waals surface area contributed by atoms with Crippen LogP contribution in [0.1, 0.15) is 71.9 Å². The zero-order valence-corrected chi connectivity index (χ0v) is 22.7. The van der Waals surface area contributed by atoms with Crippen molar-refractivity contribution in [2.75, 3.05) is 19.7 Å². The number of hydrogen-bond donors (Lipinski definition) is 4. The first-order valence-electron chi connectivity index (χ1n) is 12.6. The zero-order valence-electron chi connectivity index (χ0n) is 22.7. The molecule has 0 aliphatic heterocycles. The Morgan fingerprint density at radius 2 is 1.71 bits per heavy atom. The fourth-order valence-corrected chi connectivity index (χ4v) is 3.49. The van der Waals surface area contributed by atoms with E-state index in [0.29, 0.717) is 18.4 Å². The number of nitrogens with one attached hydrogen (secondary N) is 2. The summed E-state index contributed by atoms with van der Waals surface area (Å²) in [6.45, 7) is 8.78. The van der Waals surface area contributed by atoms with Crippen LogP contribution in [0.15, 0.2) is 24.3 Å². The highest BCUT2D eigenvalue weighted by Gasteiger charge is 2.36. The Morgan fingerprint density at radius 3 is 2.24 bits per heavy atom. The van der Waals surface area contributed by atoms with Crippen molar-refractivity contribution in [1.29, 1.82) is 0 Å². The highest BCUT2D eigenvalue weighted by molar-refractivity contribution is 5.94. The number of alkyl carbamates (subject to hydrolysis) is 1. The minimum atomic E-state index is -1.40. The van der Waals surface area contributed by atoms with E-state index in [-0.39, 0.29) is 31.9 Å². The minimum Gasteiger partial charge on any atom is -0.508 e. The molecule has 212 valence electrons. The molecule has 12 nitrogen and oxygen atoms in total. The second-order valence-corrected chi connectivity index (χ2v) is 9.59. The quantitative estimate of drug-likeness (QED) is 0.260. The number of unbranched alkanes of at least 4 members (excludes halogenated alkanes) is 1. The zero-order chi connectivity index (χ0) is 28.9. The lowest BCUT2D eigenvalue weighted by molar-refractivity contribution is -0.144. The van der Waals surface area contributed by atoms with E-state index >= 15 is 0 Å². The molecular formula is C26H40N4O8. The Labute approximate surface area is 223 Å². The van der Waals surface area contributed by atoms with Crippen LogP contribution in [-0.4, -0.2) is 71.1 Å². The second kappa shape index (κ2) is 15.4. The van der Waals surface area contributed by atoms with Gasteiger partial charge in [-0.2, -0.15) is 0 Å². The summed E-state index contributed by atoms with van der Waals surface area (Å²) in [5.74, 6) is -2.69. The molecule has 0 saturated carbocycles. The number of hydrogen-bond acceptors (Lipinski definition) is 8. The molecule has 1 aromatic carbocycles. The number of primary amides is 1. The summed E-state index contributed by atoms with van der Waals surface area (Å²) in [4.78, 5) is 64.4. The molecule has 0 radical (unpaired) electrons. The van der Waals surface area contributed by atoms with Gasteiger partial charge in [0.2, 0.25) is 17.7 Å². The average Bonchev–Trinajstić information content (AvgIpc) is 2.80. The minimum absolute atomic E-state index is 0.0388. The Hall–Kier alpha value is -3.83. The molecule has 1 aromatic rings. The molecular weight excluding hydrogens is 496 g/mol. The third-order valence-corrected chi connectivity index (χ3v) is 5.13. The van der Waals surface area contributed by atoms with E-state index < -0.39 is 53.9 Å². The van der Waals surface area contributed by atoms with Crippen molar-refractivity contribution in [2.45, 2.75) is 78.0 Å². The van der Waals surface area contributed by atoms with E-state index in [9.17, 15) is 29.1 Å². The number of phenolic OH excluding ortho intramolecular Hbond substituents is 1. The standard InChI is InChI=1S/C26H40N4O8/c1-6-8-15-30(24(35)19(16-20(27)32)29-25(36)38-26(3,4)5)22(17-9-11-18(31)12-10-17)23(34)28-14-13-21(33)37-7-2/h9-12,19,22,31H,6-8,13-16H2,1-5H3,(H2,27,32)(H,28,34)(H,29,36). The number of aromatic hydroxyl groups is 1. The molecule has 1 rings (SSSR count). The summed E-state index contributed by atoms with van der Waals surface area (Å²) >= 11 is 0. The average molecular weight is 537 g/mol. The Morgan fingerprint density at radius 1 is 1.08 bits per heavy atom. The number of esters is 1. The van der Waals surface area contributed by atoms with Crippen LogP contribution >= 0.6 is 0 Å². The number of ether oxygens (including phenoxy) is 2. The van der Waals surface area contributed by atoms with Crippen molar-refractivity contribution in [3.05, 3.63) is 29.8 Å².